The molecule has 0 saturated carbocycles. The van der Waals surface area contributed by atoms with Crippen molar-refractivity contribution < 1.29 is 14.3 Å². The molecule has 2 heterocycles. The number of rotatable bonds is 5. The number of carbonyl (C=O) groups is 2. The Morgan fingerprint density at radius 2 is 2.19 bits per heavy atom. The molecule has 0 aliphatic carbocycles. The van der Waals surface area contributed by atoms with Crippen molar-refractivity contribution in [1.82, 2.24) is 20.8 Å². The third-order valence-corrected chi connectivity index (χ3v) is 5.79. The third-order valence-electron chi connectivity index (χ3n) is 3.54. The van der Waals surface area contributed by atoms with E-state index in [9.17, 15) is 9.59 Å². The van der Waals surface area contributed by atoms with Crippen molar-refractivity contribution >= 4 is 51.8 Å². The molecule has 1 aromatic carbocycles. The fourth-order valence-corrected chi connectivity index (χ4v) is 4.29. The first-order valence-corrected chi connectivity index (χ1v) is 9.52. The summed E-state index contributed by atoms with van der Waals surface area (Å²) in [6, 6.07) is 5.83. The maximum atomic E-state index is 12.4. The Hall–Kier alpha value is -2.30. The number of halogens is 1. The number of nitrogens with two attached hydrogens (primary N) is 1. The van der Waals surface area contributed by atoms with E-state index in [4.69, 9.17) is 22.1 Å². The lowest BCUT2D eigenvalue weighted by molar-refractivity contribution is -0.136. The van der Waals surface area contributed by atoms with E-state index in [2.05, 4.69) is 20.8 Å². The van der Waals surface area contributed by atoms with E-state index in [0.29, 0.717) is 25.8 Å². The molecule has 8 nitrogen and oxygen atoms in total. The molecule has 11 heteroatoms. The summed E-state index contributed by atoms with van der Waals surface area (Å²) in [5.74, 6) is -0.275. The van der Waals surface area contributed by atoms with E-state index < -0.39 is 18.0 Å². The third kappa shape index (κ3) is 3.92. The van der Waals surface area contributed by atoms with Crippen LogP contribution in [0.4, 0.5) is 9.93 Å². The number of hydrogen-bond acceptors (Lipinski definition) is 8. The van der Waals surface area contributed by atoms with E-state index in [1.807, 2.05) is 0 Å². The van der Waals surface area contributed by atoms with Crippen molar-refractivity contribution in [3.8, 4) is 0 Å². The topological polar surface area (TPSA) is 119 Å². The average molecular weight is 412 g/mol. The molecule has 0 saturated heterocycles. The lowest BCUT2D eigenvalue weighted by Gasteiger charge is -2.29. The summed E-state index contributed by atoms with van der Waals surface area (Å²) in [7, 11) is 1.28. The maximum absolute atomic E-state index is 12.4. The fraction of sp³-hybridized carbons (Fsp3) is 0.200. The number of nitrogens with one attached hydrogen (secondary N) is 2. The van der Waals surface area contributed by atoms with Crippen molar-refractivity contribution in [3.63, 3.8) is 0 Å². The van der Waals surface area contributed by atoms with Crippen LogP contribution in [0.3, 0.4) is 0 Å². The summed E-state index contributed by atoms with van der Waals surface area (Å²) in [6.07, 6.45) is 0. The molecule has 1 unspecified atom stereocenters. The number of amides is 2. The van der Waals surface area contributed by atoms with Crippen molar-refractivity contribution in [2.75, 3.05) is 18.6 Å². The van der Waals surface area contributed by atoms with E-state index in [1.165, 1.54) is 30.2 Å². The van der Waals surface area contributed by atoms with E-state index >= 15 is 0 Å². The van der Waals surface area contributed by atoms with Gasteiger partial charge in [0.1, 0.15) is 0 Å². The van der Waals surface area contributed by atoms with Gasteiger partial charge in [-0.05, 0) is 11.6 Å². The lowest BCUT2D eigenvalue weighted by atomic mass is 9.95. The van der Waals surface area contributed by atoms with E-state index in [1.54, 1.807) is 24.3 Å². The first-order valence-electron chi connectivity index (χ1n) is 7.34. The highest BCUT2D eigenvalue weighted by atomic mass is 35.5. The number of hydrogen-bond donors (Lipinski definition) is 3. The second kappa shape index (κ2) is 7.94. The predicted molar refractivity (Wildman–Crippen MR) is 99.9 cm³/mol. The second-order valence-corrected chi connectivity index (χ2v) is 7.77. The molecule has 0 radical (unpaired) electrons. The van der Waals surface area contributed by atoms with E-state index in [0.717, 1.165) is 0 Å². The van der Waals surface area contributed by atoms with Crippen LogP contribution in [0.25, 0.3) is 0 Å². The van der Waals surface area contributed by atoms with Crippen LogP contribution < -0.4 is 16.4 Å². The molecule has 136 valence electrons. The number of ether oxygens (including phenoxy) is 1. The highest BCUT2D eigenvalue weighted by Crippen LogP contribution is 2.34. The largest absolute Gasteiger partial charge is 0.466 e. The summed E-state index contributed by atoms with van der Waals surface area (Å²) in [4.78, 5) is 24.6. The van der Waals surface area contributed by atoms with Crippen LogP contribution in [0.5, 0.6) is 0 Å². The van der Waals surface area contributed by atoms with Crippen LogP contribution in [0.15, 0.2) is 39.9 Å². The maximum Gasteiger partial charge on any atom is 0.338 e. The number of thioether (sulfide) groups is 1. The molecule has 0 bridgehead atoms. The Kier molecular flexibility index (Phi) is 5.64. The minimum Gasteiger partial charge on any atom is -0.466 e. The highest BCUT2D eigenvalue weighted by molar-refractivity contribution is 8.01. The van der Waals surface area contributed by atoms with Gasteiger partial charge in [-0.25, -0.2) is 9.59 Å². The van der Waals surface area contributed by atoms with Gasteiger partial charge in [-0.2, -0.15) is 0 Å². The molecule has 1 atom stereocenters. The van der Waals surface area contributed by atoms with Crippen molar-refractivity contribution in [1.29, 1.82) is 0 Å². The van der Waals surface area contributed by atoms with Crippen LogP contribution >= 0.6 is 34.7 Å². The molecular weight excluding hydrogens is 398 g/mol. The van der Waals surface area contributed by atoms with Gasteiger partial charge in [0.25, 0.3) is 0 Å². The van der Waals surface area contributed by atoms with Gasteiger partial charge in [-0.15, -0.1) is 10.2 Å². The molecular formula is C15H14ClN5O3S2. The Labute approximate surface area is 162 Å². The van der Waals surface area contributed by atoms with Gasteiger partial charge < -0.3 is 21.1 Å². The highest BCUT2D eigenvalue weighted by Gasteiger charge is 2.34. The molecule has 2 aromatic rings. The summed E-state index contributed by atoms with van der Waals surface area (Å²) < 4.78 is 5.54. The zero-order valence-corrected chi connectivity index (χ0v) is 15.9. The van der Waals surface area contributed by atoms with Crippen LogP contribution in [0.1, 0.15) is 11.6 Å². The monoisotopic (exact) mass is 411 g/mol. The van der Waals surface area contributed by atoms with Gasteiger partial charge in [0.05, 0.1) is 18.7 Å². The second-order valence-electron chi connectivity index (χ2n) is 5.13. The first kappa shape index (κ1) is 18.5. The number of benzene rings is 1. The minimum absolute atomic E-state index is 0.283. The van der Waals surface area contributed by atoms with Crippen molar-refractivity contribution in [2.45, 2.75) is 10.4 Å². The number of nitrogens with zero attached hydrogens (tertiary/aromatic N) is 2. The zero-order valence-electron chi connectivity index (χ0n) is 13.5. The van der Waals surface area contributed by atoms with Crippen molar-refractivity contribution in [2.24, 2.45) is 0 Å². The number of nitrogen functional groups attached to an aromatic ring is 1. The molecule has 0 fully saturated rings. The molecule has 4 N–H and O–H groups in total. The molecule has 3 rings (SSSR count). The molecule has 1 aromatic heterocycles. The molecule has 2 amide bonds. The van der Waals surface area contributed by atoms with Gasteiger partial charge in [-0.1, -0.05) is 52.9 Å². The van der Waals surface area contributed by atoms with Gasteiger partial charge in [0, 0.05) is 16.5 Å². The summed E-state index contributed by atoms with van der Waals surface area (Å²) in [5, 5.41) is 13.8. The Morgan fingerprint density at radius 3 is 2.85 bits per heavy atom. The number of methoxy groups -OCH3 is 1. The number of urea groups is 1. The summed E-state index contributed by atoms with van der Waals surface area (Å²) >= 11 is 8.79. The SMILES string of the molecule is COC(=O)C1=C(CSc2nnc(N)s2)NC(=O)NC1c1ccccc1Cl. The van der Waals surface area contributed by atoms with Crippen LogP contribution in [0.2, 0.25) is 5.02 Å². The Bertz CT molecular complexity index is 886. The smallest absolute Gasteiger partial charge is 0.338 e. The number of carbonyl (C=O) groups excluding carboxylic acids is 2. The fourth-order valence-electron chi connectivity index (χ4n) is 2.44. The average Bonchev–Trinajstić information content (AvgIpc) is 3.04. The standard InChI is InChI=1S/C15H14ClN5O3S2/c1-24-12(22)10-9(6-25-15-21-20-13(17)26-15)18-14(23)19-11(10)7-4-2-3-5-8(7)16/h2-5,11H,6H2,1H3,(H2,17,20)(H2,18,19,23). The normalized spacial score (nSPS) is 16.8. The molecule has 26 heavy (non-hydrogen) atoms. The van der Waals surface area contributed by atoms with Crippen molar-refractivity contribution in [3.05, 3.63) is 46.1 Å². The quantitative estimate of drug-likeness (QED) is 0.510. The van der Waals surface area contributed by atoms with Gasteiger partial charge in [0.2, 0.25) is 5.13 Å². The zero-order chi connectivity index (χ0) is 18.7. The summed E-state index contributed by atoms with van der Waals surface area (Å²) in [6.45, 7) is 0. The number of anilines is 1. The van der Waals surface area contributed by atoms with Crippen LogP contribution in [0, 0.1) is 0 Å². The Morgan fingerprint density at radius 1 is 1.42 bits per heavy atom. The lowest BCUT2D eigenvalue weighted by Crippen LogP contribution is -2.46. The predicted octanol–water partition coefficient (Wildman–Crippen LogP) is 2.35. The van der Waals surface area contributed by atoms with Gasteiger partial charge >= 0.3 is 12.0 Å². The number of esters is 1. The summed E-state index contributed by atoms with van der Waals surface area (Å²) in [5.41, 5.74) is 6.88. The minimum atomic E-state index is -0.722. The molecule has 1 aliphatic rings. The molecule has 1 aliphatic heterocycles. The first-order chi connectivity index (χ1) is 12.5. The molecule has 0 spiro atoms. The van der Waals surface area contributed by atoms with Crippen LogP contribution in [-0.4, -0.2) is 35.1 Å². The van der Waals surface area contributed by atoms with Gasteiger partial charge in [0.15, 0.2) is 4.34 Å². The Balaban J connectivity index is 1.98. The van der Waals surface area contributed by atoms with Gasteiger partial charge in [-0.3, -0.25) is 0 Å². The van der Waals surface area contributed by atoms with E-state index in [-0.39, 0.29) is 11.3 Å². The number of aromatic nitrogens is 2. The van der Waals surface area contributed by atoms with Crippen LogP contribution in [-0.2, 0) is 9.53 Å².